The van der Waals surface area contributed by atoms with Crippen molar-refractivity contribution >= 4 is 33.1 Å². The van der Waals surface area contributed by atoms with E-state index in [9.17, 15) is 4.79 Å². The van der Waals surface area contributed by atoms with Crippen molar-refractivity contribution in [2.45, 2.75) is 39.0 Å². The van der Waals surface area contributed by atoms with Crippen LogP contribution in [0.25, 0.3) is 15.9 Å². The van der Waals surface area contributed by atoms with Crippen LogP contribution in [0.1, 0.15) is 52.6 Å². The maximum atomic E-state index is 12.4. The summed E-state index contributed by atoms with van der Waals surface area (Å²) in [4.78, 5) is 24.1. The van der Waals surface area contributed by atoms with Crippen molar-refractivity contribution < 1.29 is 14.6 Å². The van der Waals surface area contributed by atoms with E-state index in [0.29, 0.717) is 24.7 Å². The van der Waals surface area contributed by atoms with E-state index >= 15 is 0 Å². The van der Waals surface area contributed by atoms with Crippen LogP contribution in [0.15, 0.2) is 0 Å². The molecular weight excluding hydrogens is 366 g/mol. The van der Waals surface area contributed by atoms with Gasteiger partial charge in [-0.1, -0.05) is 6.92 Å². The van der Waals surface area contributed by atoms with Gasteiger partial charge < -0.3 is 15.2 Å². The minimum Gasteiger partial charge on any atom is -0.394 e. The maximum absolute atomic E-state index is 12.4. The molecule has 0 fully saturated rings. The minimum absolute atomic E-state index is 0.0341. The van der Waals surface area contributed by atoms with Crippen LogP contribution in [-0.2, 0) is 11.2 Å². The first-order valence-corrected chi connectivity index (χ1v) is 10.1. The Labute approximate surface area is 160 Å². The summed E-state index contributed by atoms with van der Waals surface area (Å²) in [5, 5.41) is 16.9. The third-order valence-corrected chi connectivity index (χ3v) is 6.07. The van der Waals surface area contributed by atoms with Crippen LogP contribution in [-0.4, -0.2) is 57.0 Å². The van der Waals surface area contributed by atoms with Gasteiger partial charge in [0.05, 0.1) is 25.2 Å². The van der Waals surface area contributed by atoms with Crippen LogP contribution in [0.4, 0.5) is 0 Å². The predicted octanol–water partition coefficient (Wildman–Crippen LogP) is 1.83. The SMILES string of the molecule is Cc1nc2sc3c(c2c2nc(C(=O)NCCOCCO)nn12)[C@@H](C)CCC3. The number of nitrogens with zero attached hydrogens (tertiary/aromatic N) is 4. The number of rotatable bonds is 6. The van der Waals surface area contributed by atoms with Crippen molar-refractivity contribution in [3.05, 3.63) is 22.1 Å². The van der Waals surface area contributed by atoms with Gasteiger partial charge in [0.25, 0.3) is 5.91 Å². The zero-order chi connectivity index (χ0) is 19.0. The quantitative estimate of drug-likeness (QED) is 0.624. The van der Waals surface area contributed by atoms with Crippen molar-refractivity contribution in [2.24, 2.45) is 0 Å². The number of carbonyl (C=O) groups is 1. The van der Waals surface area contributed by atoms with Crippen molar-refractivity contribution in [3.63, 3.8) is 0 Å². The summed E-state index contributed by atoms with van der Waals surface area (Å²) in [6.07, 6.45) is 3.45. The van der Waals surface area contributed by atoms with Gasteiger partial charge in [-0.25, -0.2) is 9.97 Å². The zero-order valence-corrected chi connectivity index (χ0v) is 16.3. The monoisotopic (exact) mass is 389 g/mol. The summed E-state index contributed by atoms with van der Waals surface area (Å²) in [5.41, 5.74) is 2.04. The topological polar surface area (TPSA) is 102 Å². The van der Waals surface area contributed by atoms with E-state index in [1.165, 1.54) is 16.9 Å². The molecule has 0 aromatic carbocycles. The number of aromatic nitrogens is 4. The first-order chi connectivity index (χ1) is 13.1. The molecule has 3 aromatic heterocycles. The first kappa shape index (κ1) is 18.3. The lowest BCUT2D eigenvalue weighted by atomic mass is 9.87. The number of fused-ring (bicyclic) bond motifs is 5. The highest BCUT2D eigenvalue weighted by Gasteiger charge is 2.26. The fraction of sp³-hybridized carbons (Fsp3) is 0.556. The number of nitrogens with one attached hydrogen (secondary N) is 1. The van der Waals surface area contributed by atoms with Crippen LogP contribution in [0.2, 0.25) is 0 Å². The number of hydrogen-bond donors (Lipinski definition) is 2. The van der Waals surface area contributed by atoms with Crippen LogP contribution in [0.5, 0.6) is 0 Å². The average Bonchev–Trinajstić information content (AvgIpc) is 3.23. The zero-order valence-electron chi connectivity index (χ0n) is 15.5. The predicted molar refractivity (Wildman–Crippen MR) is 102 cm³/mol. The third kappa shape index (κ3) is 3.30. The summed E-state index contributed by atoms with van der Waals surface area (Å²) in [5.74, 6) is 0.990. The van der Waals surface area contributed by atoms with Gasteiger partial charge in [0.2, 0.25) is 5.82 Å². The number of aliphatic hydroxyl groups is 1. The van der Waals surface area contributed by atoms with Gasteiger partial charge in [-0.2, -0.15) is 4.52 Å². The summed E-state index contributed by atoms with van der Waals surface area (Å²) >= 11 is 1.74. The number of aliphatic hydroxyl groups excluding tert-OH is 1. The molecule has 0 bridgehead atoms. The molecule has 4 rings (SSSR count). The van der Waals surface area contributed by atoms with Crippen molar-refractivity contribution in [2.75, 3.05) is 26.4 Å². The highest BCUT2D eigenvalue weighted by molar-refractivity contribution is 7.19. The molecule has 1 atom stereocenters. The van der Waals surface area contributed by atoms with E-state index in [1.807, 2.05) is 6.92 Å². The molecule has 0 aliphatic heterocycles. The van der Waals surface area contributed by atoms with E-state index in [1.54, 1.807) is 15.9 Å². The van der Waals surface area contributed by atoms with Crippen LogP contribution in [0.3, 0.4) is 0 Å². The number of amides is 1. The van der Waals surface area contributed by atoms with Crippen molar-refractivity contribution in [1.29, 1.82) is 0 Å². The van der Waals surface area contributed by atoms with E-state index in [2.05, 4.69) is 22.3 Å². The van der Waals surface area contributed by atoms with Gasteiger partial charge in [0.15, 0.2) is 5.65 Å². The number of ether oxygens (including phenoxy) is 1. The summed E-state index contributed by atoms with van der Waals surface area (Å²) in [6, 6.07) is 0. The highest BCUT2D eigenvalue weighted by Crippen LogP contribution is 2.42. The van der Waals surface area contributed by atoms with Gasteiger partial charge in [-0.05, 0) is 37.7 Å². The number of thiophene rings is 1. The lowest BCUT2D eigenvalue weighted by Crippen LogP contribution is -2.28. The Morgan fingerprint density at radius 3 is 3.07 bits per heavy atom. The van der Waals surface area contributed by atoms with Crippen LogP contribution < -0.4 is 5.32 Å². The van der Waals surface area contributed by atoms with E-state index in [0.717, 1.165) is 28.9 Å². The molecule has 27 heavy (non-hydrogen) atoms. The fourth-order valence-electron chi connectivity index (χ4n) is 3.66. The highest BCUT2D eigenvalue weighted by atomic mass is 32.1. The molecule has 0 radical (unpaired) electrons. The summed E-state index contributed by atoms with van der Waals surface area (Å²) in [7, 11) is 0. The van der Waals surface area contributed by atoms with Crippen molar-refractivity contribution in [3.8, 4) is 0 Å². The molecule has 0 saturated carbocycles. The van der Waals surface area contributed by atoms with Gasteiger partial charge in [-0.15, -0.1) is 16.4 Å². The minimum atomic E-state index is -0.337. The Balaban J connectivity index is 1.69. The second kappa shape index (κ2) is 7.49. The Morgan fingerprint density at radius 1 is 1.41 bits per heavy atom. The Morgan fingerprint density at radius 2 is 2.26 bits per heavy atom. The lowest BCUT2D eigenvalue weighted by Gasteiger charge is -2.18. The molecule has 0 saturated heterocycles. The third-order valence-electron chi connectivity index (χ3n) is 4.91. The molecule has 8 nitrogen and oxygen atoms in total. The van der Waals surface area contributed by atoms with E-state index < -0.39 is 0 Å². The fourth-order valence-corrected chi connectivity index (χ4v) is 5.04. The Hall–Kier alpha value is -2.10. The molecule has 3 aromatic rings. The number of hydrogen-bond acceptors (Lipinski definition) is 7. The summed E-state index contributed by atoms with van der Waals surface area (Å²) < 4.78 is 6.82. The van der Waals surface area contributed by atoms with Gasteiger partial charge in [0.1, 0.15) is 10.7 Å². The van der Waals surface area contributed by atoms with Crippen LogP contribution in [0, 0.1) is 6.92 Å². The first-order valence-electron chi connectivity index (χ1n) is 9.25. The molecule has 0 unspecified atom stereocenters. The molecule has 9 heteroatoms. The number of aryl methyl sites for hydroxylation is 2. The smallest absolute Gasteiger partial charge is 0.291 e. The molecule has 144 valence electrons. The average molecular weight is 389 g/mol. The molecule has 3 heterocycles. The molecular formula is C18H23N5O3S. The van der Waals surface area contributed by atoms with E-state index in [-0.39, 0.29) is 24.9 Å². The molecule has 0 spiro atoms. The second-order valence-corrected chi connectivity index (χ2v) is 7.92. The maximum Gasteiger partial charge on any atom is 0.291 e. The lowest BCUT2D eigenvalue weighted by molar-refractivity contribution is 0.0832. The standard InChI is InChI=1S/C18H23N5O3S/c1-10-4-3-5-12-13(10)14-16-21-15(17(25)19-6-8-26-9-7-24)22-23(16)11(2)20-18(14)27-12/h10,24H,3-9H2,1-2H3,(H,19,25)/t10-/m0/s1. The molecule has 1 aliphatic carbocycles. The summed E-state index contributed by atoms with van der Waals surface area (Å²) in [6.45, 7) is 5.02. The van der Waals surface area contributed by atoms with E-state index in [4.69, 9.17) is 14.8 Å². The molecule has 2 N–H and O–H groups in total. The normalized spacial score (nSPS) is 16.8. The Bertz CT molecular complexity index is 996. The number of carbonyl (C=O) groups excluding carboxylic acids is 1. The largest absolute Gasteiger partial charge is 0.394 e. The van der Waals surface area contributed by atoms with Gasteiger partial charge in [-0.3, -0.25) is 4.79 Å². The van der Waals surface area contributed by atoms with Gasteiger partial charge >= 0.3 is 0 Å². The van der Waals surface area contributed by atoms with Gasteiger partial charge in [0, 0.05) is 11.4 Å². The Kier molecular flexibility index (Phi) is 5.07. The second-order valence-electron chi connectivity index (χ2n) is 6.83. The van der Waals surface area contributed by atoms with Crippen LogP contribution >= 0.6 is 11.3 Å². The molecule has 1 aliphatic rings. The molecule has 1 amide bonds. The van der Waals surface area contributed by atoms with Crippen molar-refractivity contribution in [1.82, 2.24) is 24.9 Å².